The molecule has 2 saturated heterocycles. The highest BCUT2D eigenvalue weighted by Crippen LogP contribution is 2.41. The lowest BCUT2D eigenvalue weighted by Crippen LogP contribution is -2.60. The van der Waals surface area contributed by atoms with E-state index in [1.165, 1.54) is 6.08 Å². The summed E-state index contributed by atoms with van der Waals surface area (Å²) in [5.74, 6) is -1.98. The molecule has 4 aromatic rings. The Morgan fingerprint density at radius 1 is 1.12 bits per heavy atom. The number of methoxy groups -OCH3 is 1. The number of halogens is 1. The van der Waals surface area contributed by atoms with Gasteiger partial charge >= 0.3 is 5.97 Å². The number of ether oxygens (including phenoxy) is 2. The number of rotatable bonds is 12. The first-order chi connectivity index (χ1) is 30.6. The Morgan fingerprint density at radius 3 is 2.62 bits per heavy atom. The number of aryl methyl sites for hydroxylation is 1. The molecular weight excluding hydrogens is 925 g/mol. The van der Waals surface area contributed by atoms with Gasteiger partial charge < -0.3 is 34.7 Å². The monoisotopic (exact) mass is 987 g/mol. The average Bonchev–Trinajstić information content (AvgIpc) is 3.55. The molecule has 3 aliphatic heterocycles. The van der Waals surface area contributed by atoms with Crippen LogP contribution >= 0.6 is 22.9 Å². The number of pyridine rings is 1. The maximum atomic E-state index is 14.8. The molecule has 0 radical (unpaired) electrons. The first kappa shape index (κ1) is 47.1. The standard InChI is InChI=1S/C49H62IN7O7/c1-8-44(59)54-26-35(27-54)52-25-40(30(3)4)46(60)53-24-34-19-31-18-33(21-36(58)20-31)32-14-15-42-38(22-32)39(45(55(42)9-2)37-12-10-16-51-41(37)28-63-7)23-49(5,6)29-64-48(62)43-13-11-17-56(47(34)61)57(43)50/h8,10,12,14-16,18,20-22,30,34-35,40,43,52,58H,1,9,11,13,17,19,23-29H2,2-7H3,(H,53,60)/t34-,40+,43+/m1/s1. The van der Waals surface area contributed by atoms with E-state index in [1.54, 1.807) is 38.6 Å². The maximum Gasteiger partial charge on any atom is 0.326 e. The number of hydrogen-bond donors (Lipinski definition) is 3. The fourth-order valence-electron chi connectivity index (χ4n) is 9.33. The zero-order valence-electron chi connectivity index (χ0n) is 37.9. The molecule has 7 rings (SSSR count). The molecule has 342 valence electrons. The van der Waals surface area contributed by atoms with Crippen molar-refractivity contribution in [2.75, 3.05) is 46.4 Å². The van der Waals surface area contributed by atoms with Crippen LogP contribution in [-0.4, -0.2) is 110 Å². The van der Waals surface area contributed by atoms with Crippen LogP contribution in [0.5, 0.6) is 5.75 Å². The molecule has 64 heavy (non-hydrogen) atoms. The Labute approximate surface area is 390 Å². The molecule has 3 aliphatic rings. The molecule has 0 spiro atoms. The number of amides is 3. The third-order valence-corrected chi connectivity index (χ3v) is 14.0. The number of nitrogens with one attached hydrogen (secondary N) is 2. The number of nitrogens with zero attached hydrogens (tertiary/aromatic N) is 5. The predicted octanol–water partition coefficient (Wildman–Crippen LogP) is 6.46. The normalized spacial score (nSPS) is 20.1. The van der Waals surface area contributed by atoms with Gasteiger partial charge in [0.25, 0.3) is 0 Å². The summed E-state index contributed by atoms with van der Waals surface area (Å²) >= 11 is 2.05. The van der Waals surface area contributed by atoms with E-state index in [9.17, 15) is 24.3 Å². The number of hydrogen-bond acceptors (Lipinski definition) is 10. The van der Waals surface area contributed by atoms with Crippen LogP contribution in [-0.2, 0) is 54.6 Å². The predicted molar refractivity (Wildman–Crippen MR) is 255 cm³/mol. The van der Waals surface area contributed by atoms with Gasteiger partial charge in [-0.25, -0.2) is 0 Å². The van der Waals surface area contributed by atoms with Gasteiger partial charge in [0.2, 0.25) is 17.7 Å². The van der Waals surface area contributed by atoms with Crippen molar-refractivity contribution in [2.24, 2.45) is 23.2 Å². The second-order valence-corrected chi connectivity index (χ2v) is 19.5. The highest BCUT2D eigenvalue weighted by molar-refractivity contribution is 14.1. The van der Waals surface area contributed by atoms with E-state index in [-0.39, 0.29) is 55.0 Å². The number of cyclic esters (lactones) is 1. The Hall–Kier alpha value is -4.84. The second kappa shape index (κ2) is 20.1. The van der Waals surface area contributed by atoms with Gasteiger partial charge in [-0.3, -0.25) is 29.2 Å². The number of carbonyl (C=O) groups excluding carboxylic acids is 4. The SMILES string of the molecule is C=CC(=O)N1CC(NC[C@H](C(=O)NC[C@H]2Cc3cc(O)cc(c3)-c3ccc4c(c3)c(c(-c3cccnc3COC)n4CC)CC(C)(C)COC(=O)[C@@H]3CCCN(C2=O)N3I)C(C)C)C1. The molecule has 14 nitrogen and oxygen atoms in total. The van der Waals surface area contributed by atoms with Crippen LogP contribution in [0.4, 0.5) is 0 Å². The number of phenolic OH excluding ortho intramolecular Hbond substituents is 1. The molecular formula is C49H62IN7O7. The van der Waals surface area contributed by atoms with Crippen molar-refractivity contribution in [3.8, 4) is 28.1 Å². The van der Waals surface area contributed by atoms with Gasteiger partial charge in [-0.15, -0.1) is 3.22 Å². The van der Waals surface area contributed by atoms with Gasteiger partial charge in [0, 0.05) is 103 Å². The summed E-state index contributed by atoms with van der Waals surface area (Å²) in [5.41, 5.74) is 6.89. The second-order valence-electron chi connectivity index (χ2n) is 18.5. The lowest BCUT2D eigenvalue weighted by molar-refractivity contribution is -0.163. The fraction of sp³-hybridized carbons (Fsp3) is 0.490. The minimum atomic E-state index is -0.731. The lowest BCUT2D eigenvalue weighted by atomic mass is 9.84. The van der Waals surface area contributed by atoms with E-state index < -0.39 is 29.3 Å². The van der Waals surface area contributed by atoms with Crippen molar-refractivity contribution < 1.29 is 33.8 Å². The maximum absolute atomic E-state index is 14.8. The van der Waals surface area contributed by atoms with Crippen LogP contribution in [0.2, 0.25) is 0 Å². The average molecular weight is 988 g/mol. The highest BCUT2D eigenvalue weighted by atomic mass is 127. The van der Waals surface area contributed by atoms with Crippen LogP contribution in [0.3, 0.4) is 0 Å². The van der Waals surface area contributed by atoms with Gasteiger partial charge in [-0.2, -0.15) is 0 Å². The first-order valence-electron chi connectivity index (χ1n) is 22.4. The smallest absolute Gasteiger partial charge is 0.326 e. The van der Waals surface area contributed by atoms with Gasteiger partial charge in [0.05, 0.1) is 36.4 Å². The molecule has 0 aliphatic carbocycles. The molecule has 2 fully saturated rings. The summed E-state index contributed by atoms with van der Waals surface area (Å²) in [4.78, 5) is 61.2. The van der Waals surface area contributed by atoms with E-state index >= 15 is 0 Å². The molecule has 2 aromatic carbocycles. The molecule has 3 atom stereocenters. The molecule has 15 heteroatoms. The fourth-order valence-corrected chi connectivity index (χ4v) is 10.3. The number of phenols is 1. The number of benzene rings is 2. The third kappa shape index (κ3) is 10.2. The summed E-state index contributed by atoms with van der Waals surface area (Å²) < 4.78 is 15.8. The number of likely N-dealkylation sites (tertiary alicyclic amines) is 1. The van der Waals surface area contributed by atoms with Crippen molar-refractivity contribution in [1.82, 2.24) is 33.3 Å². The molecule has 2 aromatic heterocycles. The zero-order chi connectivity index (χ0) is 45.9. The third-order valence-electron chi connectivity index (χ3n) is 12.8. The van der Waals surface area contributed by atoms with Gasteiger partial charge in [0.15, 0.2) is 0 Å². The lowest BCUT2D eigenvalue weighted by Gasteiger charge is -2.41. The molecule has 6 bridgehead atoms. The van der Waals surface area contributed by atoms with Crippen LogP contribution in [0.1, 0.15) is 64.3 Å². The number of aromatic hydroxyl groups is 1. The number of carbonyl (C=O) groups is 4. The first-order valence-corrected chi connectivity index (χ1v) is 23.4. The van der Waals surface area contributed by atoms with Gasteiger partial charge in [-0.05, 0) is 103 Å². The Balaban J connectivity index is 1.26. The van der Waals surface area contributed by atoms with Crippen molar-refractivity contribution >= 4 is 57.5 Å². The van der Waals surface area contributed by atoms with E-state index in [4.69, 9.17) is 14.5 Å². The Bertz CT molecular complexity index is 2390. The molecule has 0 saturated carbocycles. The molecule has 0 unspecified atom stereocenters. The number of aromatic nitrogens is 2. The van der Waals surface area contributed by atoms with E-state index in [1.807, 2.05) is 26.0 Å². The summed E-state index contributed by atoms with van der Waals surface area (Å²) in [6.07, 6.45) is 5.00. The van der Waals surface area contributed by atoms with E-state index in [0.717, 1.165) is 50.1 Å². The van der Waals surface area contributed by atoms with E-state index in [0.29, 0.717) is 58.6 Å². The van der Waals surface area contributed by atoms with Crippen LogP contribution in [0, 0.1) is 23.2 Å². The summed E-state index contributed by atoms with van der Waals surface area (Å²) in [5, 5.41) is 20.5. The van der Waals surface area contributed by atoms with Crippen LogP contribution in [0.25, 0.3) is 33.3 Å². The number of hydrazine groups is 1. The van der Waals surface area contributed by atoms with Crippen molar-refractivity contribution in [2.45, 2.75) is 85.5 Å². The summed E-state index contributed by atoms with van der Waals surface area (Å²) in [7, 11) is 1.67. The number of esters is 1. The highest BCUT2D eigenvalue weighted by Gasteiger charge is 2.40. The van der Waals surface area contributed by atoms with Crippen molar-refractivity contribution in [3.05, 3.63) is 84.2 Å². The minimum absolute atomic E-state index is 0.00303. The Kier molecular flexibility index (Phi) is 14.8. The van der Waals surface area contributed by atoms with Crippen molar-refractivity contribution in [3.63, 3.8) is 0 Å². The molecule has 3 amide bonds. The summed E-state index contributed by atoms with van der Waals surface area (Å²) in [6.45, 7) is 17.0. The van der Waals surface area contributed by atoms with Crippen LogP contribution < -0.4 is 10.6 Å². The topological polar surface area (TPSA) is 159 Å². The largest absolute Gasteiger partial charge is 0.508 e. The molecule has 3 N–H and O–H groups in total. The Morgan fingerprint density at radius 2 is 1.91 bits per heavy atom. The summed E-state index contributed by atoms with van der Waals surface area (Å²) in [6, 6.07) is 15.2. The zero-order valence-corrected chi connectivity index (χ0v) is 40.0. The van der Waals surface area contributed by atoms with Crippen molar-refractivity contribution in [1.29, 1.82) is 0 Å². The van der Waals surface area contributed by atoms with Gasteiger partial charge in [-0.1, -0.05) is 46.4 Å². The quantitative estimate of drug-likeness (QED) is 0.0623. The number of fused-ring (bicyclic) bond motifs is 6. The minimum Gasteiger partial charge on any atom is -0.508 e. The van der Waals surface area contributed by atoms with E-state index in [2.05, 4.69) is 89.7 Å². The molecule has 5 heterocycles. The van der Waals surface area contributed by atoms with Crippen LogP contribution in [0.15, 0.2) is 67.4 Å². The van der Waals surface area contributed by atoms with Gasteiger partial charge in [0.1, 0.15) is 11.8 Å².